The molecule has 16 heavy (non-hydrogen) atoms. The number of amides is 1. The molecule has 0 heterocycles. The normalized spacial score (nSPS) is 27.4. The lowest BCUT2D eigenvalue weighted by atomic mass is 9.83. The summed E-state index contributed by atoms with van der Waals surface area (Å²) in [6, 6.07) is 0.287. The lowest BCUT2D eigenvalue weighted by Crippen LogP contribution is -2.40. The second-order valence-electron chi connectivity index (χ2n) is 4.84. The van der Waals surface area contributed by atoms with Crippen LogP contribution >= 0.6 is 0 Å². The van der Waals surface area contributed by atoms with Crippen molar-refractivity contribution in [2.45, 2.75) is 51.1 Å². The van der Waals surface area contributed by atoms with Gasteiger partial charge in [-0.05, 0) is 25.7 Å². The second kappa shape index (κ2) is 6.86. The van der Waals surface area contributed by atoms with E-state index < -0.39 is 0 Å². The number of rotatable bonds is 5. The molecule has 1 aliphatic rings. The van der Waals surface area contributed by atoms with Crippen molar-refractivity contribution in [3.63, 3.8) is 0 Å². The first kappa shape index (κ1) is 13.5. The van der Waals surface area contributed by atoms with Crippen LogP contribution in [0.3, 0.4) is 0 Å². The Labute approximate surface area is 97.9 Å². The third-order valence-corrected chi connectivity index (χ3v) is 3.24. The molecular weight excluding hydrogens is 204 g/mol. The smallest absolute Gasteiger partial charge is 0.220 e. The maximum Gasteiger partial charge on any atom is 0.220 e. The standard InChI is InChI=1S/C12H24N2O2/c1-9(8-16-2)14-12(15)7-10-5-3-4-6-11(10)13/h9-11H,3-8,13H2,1-2H3,(H,14,15). The van der Waals surface area contributed by atoms with Crippen LogP contribution in [0, 0.1) is 5.92 Å². The molecule has 0 aliphatic heterocycles. The zero-order valence-corrected chi connectivity index (χ0v) is 10.4. The van der Waals surface area contributed by atoms with Crippen LogP contribution in [0.1, 0.15) is 39.0 Å². The Balaban J connectivity index is 2.27. The van der Waals surface area contributed by atoms with Crippen molar-refractivity contribution in [2.24, 2.45) is 11.7 Å². The second-order valence-corrected chi connectivity index (χ2v) is 4.84. The minimum atomic E-state index is 0.0808. The van der Waals surface area contributed by atoms with E-state index in [1.165, 1.54) is 12.8 Å². The average molecular weight is 228 g/mol. The topological polar surface area (TPSA) is 64.3 Å². The number of methoxy groups -OCH3 is 1. The third-order valence-electron chi connectivity index (χ3n) is 3.24. The quantitative estimate of drug-likeness (QED) is 0.739. The largest absolute Gasteiger partial charge is 0.383 e. The molecule has 94 valence electrons. The molecule has 3 atom stereocenters. The Morgan fingerprint density at radius 3 is 2.81 bits per heavy atom. The van der Waals surface area contributed by atoms with Crippen LogP contribution in [0.15, 0.2) is 0 Å². The summed E-state index contributed by atoms with van der Waals surface area (Å²) < 4.78 is 4.98. The highest BCUT2D eigenvalue weighted by molar-refractivity contribution is 5.76. The summed E-state index contributed by atoms with van der Waals surface area (Å²) in [6.07, 6.45) is 5.13. The van der Waals surface area contributed by atoms with Crippen LogP contribution in [0.4, 0.5) is 0 Å². The highest BCUT2D eigenvalue weighted by Crippen LogP contribution is 2.25. The average Bonchev–Trinajstić information content (AvgIpc) is 2.21. The zero-order valence-electron chi connectivity index (χ0n) is 10.4. The summed E-state index contributed by atoms with van der Waals surface area (Å²) in [5.41, 5.74) is 6.01. The molecule has 1 rings (SSSR count). The van der Waals surface area contributed by atoms with E-state index in [4.69, 9.17) is 10.5 Å². The molecule has 0 aromatic heterocycles. The molecule has 0 aromatic rings. The van der Waals surface area contributed by atoms with Crippen molar-refractivity contribution < 1.29 is 9.53 Å². The predicted octanol–water partition coefficient (Wildman–Crippen LogP) is 1.05. The molecule has 3 unspecified atom stereocenters. The summed E-state index contributed by atoms with van der Waals surface area (Å²) in [5.74, 6) is 0.468. The molecule has 3 N–H and O–H groups in total. The minimum absolute atomic E-state index is 0.0808. The van der Waals surface area contributed by atoms with Crippen molar-refractivity contribution in [3.8, 4) is 0 Å². The highest BCUT2D eigenvalue weighted by Gasteiger charge is 2.24. The summed E-state index contributed by atoms with van der Waals surface area (Å²) in [7, 11) is 1.64. The molecule has 0 aromatic carbocycles. The lowest BCUT2D eigenvalue weighted by molar-refractivity contribution is -0.123. The van der Waals surface area contributed by atoms with Gasteiger partial charge < -0.3 is 15.8 Å². The van der Waals surface area contributed by atoms with Gasteiger partial charge in [-0.1, -0.05) is 12.8 Å². The Kier molecular flexibility index (Phi) is 5.77. The SMILES string of the molecule is COCC(C)NC(=O)CC1CCCCC1N. The maximum atomic E-state index is 11.7. The van der Waals surface area contributed by atoms with Gasteiger partial charge in [-0.25, -0.2) is 0 Å². The molecule has 1 amide bonds. The molecular formula is C12H24N2O2. The lowest BCUT2D eigenvalue weighted by Gasteiger charge is -2.28. The van der Waals surface area contributed by atoms with Crippen molar-refractivity contribution in [1.82, 2.24) is 5.32 Å². The van der Waals surface area contributed by atoms with E-state index in [-0.39, 0.29) is 18.0 Å². The van der Waals surface area contributed by atoms with Crippen LogP contribution in [0.2, 0.25) is 0 Å². The van der Waals surface area contributed by atoms with Gasteiger partial charge in [0.1, 0.15) is 0 Å². The monoisotopic (exact) mass is 228 g/mol. The van der Waals surface area contributed by atoms with E-state index in [0.29, 0.717) is 18.9 Å². The van der Waals surface area contributed by atoms with Gasteiger partial charge in [-0.2, -0.15) is 0 Å². The van der Waals surface area contributed by atoms with E-state index in [9.17, 15) is 4.79 Å². The summed E-state index contributed by atoms with van der Waals surface area (Å²) in [6.45, 7) is 2.50. The fourth-order valence-corrected chi connectivity index (χ4v) is 2.35. The maximum absolute atomic E-state index is 11.7. The van der Waals surface area contributed by atoms with Crippen molar-refractivity contribution in [3.05, 3.63) is 0 Å². The molecule has 0 saturated heterocycles. The predicted molar refractivity (Wildman–Crippen MR) is 64.0 cm³/mol. The number of nitrogens with two attached hydrogens (primary N) is 1. The van der Waals surface area contributed by atoms with Gasteiger partial charge in [-0.15, -0.1) is 0 Å². The number of hydrogen-bond acceptors (Lipinski definition) is 3. The number of nitrogens with one attached hydrogen (secondary N) is 1. The first-order chi connectivity index (χ1) is 7.63. The first-order valence-electron chi connectivity index (χ1n) is 6.17. The number of carbonyl (C=O) groups is 1. The van der Waals surface area contributed by atoms with Crippen molar-refractivity contribution in [1.29, 1.82) is 0 Å². The van der Waals surface area contributed by atoms with E-state index in [1.54, 1.807) is 7.11 Å². The fraction of sp³-hybridized carbons (Fsp3) is 0.917. The number of ether oxygens (including phenoxy) is 1. The van der Waals surface area contributed by atoms with E-state index in [1.807, 2.05) is 6.92 Å². The van der Waals surface area contributed by atoms with Crippen molar-refractivity contribution >= 4 is 5.91 Å². The number of carbonyl (C=O) groups excluding carboxylic acids is 1. The van der Waals surface area contributed by atoms with Gasteiger partial charge in [0.25, 0.3) is 0 Å². The fourth-order valence-electron chi connectivity index (χ4n) is 2.35. The molecule has 1 saturated carbocycles. The molecule has 0 radical (unpaired) electrons. The van der Waals surface area contributed by atoms with Gasteiger partial charge in [0.05, 0.1) is 6.61 Å². The molecule has 1 fully saturated rings. The van der Waals surface area contributed by atoms with Crippen molar-refractivity contribution in [2.75, 3.05) is 13.7 Å². The Hall–Kier alpha value is -0.610. The van der Waals surface area contributed by atoms with Gasteiger partial charge in [-0.3, -0.25) is 4.79 Å². The van der Waals surface area contributed by atoms with Gasteiger partial charge >= 0.3 is 0 Å². The Bertz CT molecular complexity index is 221. The zero-order chi connectivity index (χ0) is 12.0. The minimum Gasteiger partial charge on any atom is -0.383 e. The van der Waals surface area contributed by atoms with E-state index in [2.05, 4.69) is 5.32 Å². The highest BCUT2D eigenvalue weighted by atomic mass is 16.5. The molecule has 4 heteroatoms. The van der Waals surface area contributed by atoms with Crippen LogP contribution in [-0.4, -0.2) is 31.7 Å². The van der Waals surface area contributed by atoms with Crippen LogP contribution in [0.25, 0.3) is 0 Å². The van der Waals surface area contributed by atoms with Gasteiger partial charge in [0.15, 0.2) is 0 Å². The van der Waals surface area contributed by atoms with Gasteiger partial charge in [0, 0.05) is 25.6 Å². The third kappa shape index (κ3) is 4.49. The van der Waals surface area contributed by atoms with Gasteiger partial charge in [0.2, 0.25) is 5.91 Å². The van der Waals surface area contributed by atoms with Crippen LogP contribution in [0.5, 0.6) is 0 Å². The molecule has 0 bridgehead atoms. The Morgan fingerprint density at radius 2 is 2.19 bits per heavy atom. The first-order valence-corrected chi connectivity index (χ1v) is 6.17. The molecule has 0 spiro atoms. The van der Waals surface area contributed by atoms with Crippen LogP contribution < -0.4 is 11.1 Å². The molecule has 4 nitrogen and oxygen atoms in total. The molecule has 1 aliphatic carbocycles. The van der Waals surface area contributed by atoms with Crippen LogP contribution in [-0.2, 0) is 9.53 Å². The Morgan fingerprint density at radius 1 is 1.50 bits per heavy atom. The summed E-state index contributed by atoms with van der Waals surface area (Å²) in [5, 5.41) is 2.93. The number of hydrogen-bond donors (Lipinski definition) is 2. The van der Waals surface area contributed by atoms with E-state index >= 15 is 0 Å². The summed E-state index contributed by atoms with van der Waals surface area (Å²) >= 11 is 0. The van der Waals surface area contributed by atoms with E-state index in [0.717, 1.165) is 12.8 Å². The summed E-state index contributed by atoms with van der Waals surface area (Å²) in [4.78, 5) is 11.7.